The van der Waals surface area contributed by atoms with Crippen LogP contribution in [0.15, 0.2) is 18.2 Å². The van der Waals surface area contributed by atoms with Crippen LogP contribution >= 0.6 is 12.6 Å². The van der Waals surface area contributed by atoms with E-state index < -0.39 is 23.3 Å². The van der Waals surface area contributed by atoms with Crippen LogP contribution in [0.2, 0.25) is 0 Å². The summed E-state index contributed by atoms with van der Waals surface area (Å²) >= 11 is 3.53. The molecule has 0 atom stereocenters. The Morgan fingerprint density at radius 3 is 2.26 bits per heavy atom. The summed E-state index contributed by atoms with van der Waals surface area (Å²) in [4.78, 5) is 14.4. The Balaban J connectivity index is 0.00000127. The number of ketones is 1. The van der Waals surface area contributed by atoms with Crippen molar-refractivity contribution < 1.29 is 22.4 Å². The molecule has 1 aromatic carbocycles. The summed E-state index contributed by atoms with van der Waals surface area (Å²) in [5, 5.41) is 0. The Hall–Kier alpha value is -1.08. The number of rotatable bonds is 3. The van der Waals surface area contributed by atoms with Gasteiger partial charge in [-0.05, 0) is 56.9 Å². The van der Waals surface area contributed by atoms with E-state index in [4.69, 9.17) is 0 Å². The van der Waals surface area contributed by atoms with Crippen molar-refractivity contribution in [1.29, 1.82) is 0 Å². The first-order valence-electron chi connectivity index (χ1n) is 7.41. The van der Waals surface area contributed by atoms with Gasteiger partial charge in [-0.15, -0.1) is 0 Å². The first-order chi connectivity index (χ1) is 10.8. The van der Waals surface area contributed by atoms with E-state index in [-0.39, 0.29) is 11.5 Å². The topological polar surface area (TPSA) is 20.3 Å². The van der Waals surface area contributed by atoms with E-state index in [0.29, 0.717) is 18.9 Å². The molecule has 1 heterocycles. The van der Waals surface area contributed by atoms with Crippen LogP contribution in [0.25, 0.3) is 0 Å². The molecule has 2 nitrogen and oxygen atoms in total. The van der Waals surface area contributed by atoms with Crippen molar-refractivity contribution in [2.45, 2.75) is 25.9 Å². The van der Waals surface area contributed by atoms with E-state index in [1.165, 1.54) is 0 Å². The van der Waals surface area contributed by atoms with Gasteiger partial charge in [0.25, 0.3) is 0 Å². The monoisotopic (exact) mass is 351 g/mol. The summed E-state index contributed by atoms with van der Waals surface area (Å²) in [5.41, 5.74) is -1.31. The fraction of sp³-hybridized carbons (Fsp3) is 0.562. The molecule has 1 saturated heterocycles. The predicted octanol–water partition coefficient (Wildman–Crippen LogP) is 4.31. The van der Waals surface area contributed by atoms with E-state index in [1.54, 1.807) is 6.26 Å². The number of carbonyl (C=O) groups is 1. The highest BCUT2D eigenvalue weighted by atomic mass is 32.1. The van der Waals surface area contributed by atoms with E-state index in [1.807, 2.05) is 6.92 Å². The minimum Gasteiger partial charge on any atom is -0.304 e. The standard InChI is InChI=1S/C15H17F4NO.CH4S/c1-2-20-7-5-10(6-8-20)14(21)12-4-3-11(9-13(12)16)15(17,18)19;1-2/h3-4,9-10H,2,5-8H2,1H3;2H,1H3. The minimum atomic E-state index is -4.60. The summed E-state index contributed by atoms with van der Waals surface area (Å²) in [7, 11) is 0. The molecule has 1 aliphatic rings. The highest BCUT2D eigenvalue weighted by Crippen LogP contribution is 2.31. The van der Waals surface area contributed by atoms with Gasteiger partial charge >= 0.3 is 6.18 Å². The van der Waals surface area contributed by atoms with E-state index in [2.05, 4.69) is 17.5 Å². The van der Waals surface area contributed by atoms with Crippen LogP contribution in [0, 0.1) is 11.7 Å². The number of halogens is 4. The third-order valence-corrected chi connectivity index (χ3v) is 3.97. The van der Waals surface area contributed by atoms with Crippen molar-refractivity contribution in [3.8, 4) is 0 Å². The molecular weight excluding hydrogens is 330 g/mol. The molecule has 0 N–H and O–H groups in total. The number of nitrogens with zero attached hydrogens (tertiary/aromatic N) is 1. The number of benzene rings is 1. The molecule has 23 heavy (non-hydrogen) atoms. The van der Waals surface area contributed by atoms with Gasteiger partial charge < -0.3 is 4.90 Å². The van der Waals surface area contributed by atoms with Gasteiger partial charge in [0.1, 0.15) is 5.82 Å². The van der Waals surface area contributed by atoms with Gasteiger partial charge in [0, 0.05) is 5.92 Å². The molecule has 130 valence electrons. The molecule has 0 unspecified atom stereocenters. The zero-order chi connectivity index (χ0) is 17.6. The fourth-order valence-electron chi connectivity index (χ4n) is 2.62. The third-order valence-electron chi connectivity index (χ3n) is 3.97. The van der Waals surface area contributed by atoms with Gasteiger partial charge in [-0.25, -0.2) is 4.39 Å². The number of likely N-dealkylation sites (tertiary alicyclic amines) is 1. The normalized spacial score (nSPS) is 16.7. The SMILES string of the molecule is CCN1CCC(C(=O)c2ccc(C(F)(F)F)cc2F)CC1.CS. The Kier molecular flexibility index (Phi) is 7.54. The number of Topliss-reactive ketones (excluding diaryl/α,β-unsaturated/α-hetero) is 1. The van der Waals surface area contributed by atoms with Crippen molar-refractivity contribution in [2.75, 3.05) is 25.9 Å². The van der Waals surface area contributed by atoms with Gasteiger partial charge in [0.2, 0.25) is 0 Å². The van der Waals surface area contributed by atoms with Crippen LogP contribution in [0.3, 0.4) is 0 Å². The Labute approximate surface area is 139 Å². The zero-order valence-corrected chi connectivity index (χ0v) is 14.1. The van der Waals surface area contributed by atoms with Crippen molar-refractivity contribution in [3.63, 3.8) is 0 Å². The Bertz CT molecular complexity index is 525. The lowest BCUT2D eigenvalue weighted by molar-refractivity contribution is -0.137. The van der Waals surface area contributed by atoms with Crippen LogP contribution in [-0.4, -0.2) is 36.6 Å². The van der Waals surface area contributed by atoms with Crippen molar-refractivity contribution in [3.05, 3.63) is 35.1 Å². The number of hydrogen-bond acceptors (Lipinski definition) is 3. The summed E-state index contributed by atoms with van der Waals surface area (Å²) in [6, 6.07) is 2.11. The lowest BCUT2D eigenvalue weighted by Crippen LogP contribution is -2.36. The van der Waals surface area contributed by atoms with Crippen LogP contribution in [0.5, 0.6) is 0 Å². The third kappa shape index (κ3) is 5.21. The lowest BCUT2D eigenvalue weighted by atomic mass is 9.88. The predicted molar refractivity (Wildman–Crippen MR) is 85.5 cm³/mol. The molecular formula is C16H21F4NOS. The number of hydrogen-bond donors (Lipinski definition) is 1. The molecule has 0 saturated carbocycles. The molecule has 2 rings (SSSR count). The maximum atomic E-state index is 13.8. The van der Waals surface area contributed by atoms with E-state index in [0.717, 1.165) is 31.8 Å². The van der Waals surface area contributed by atoms with Gasteiger partial charge in [-0.3, -0.25) is 4.79 Å². The molecule has 1 aliphatic heterocycles. The summed E-state index contributed by atoms with van der Waals surface area (Å²) in [5.74, 6) is -1.79. The second-order valence-electron chi connectivity index (χ2n) is 5.27. The largest absolute Gasteiger partial charge is 0.416 e. The first kappa shape index (κ1) is 20.0. The Morgan fingerprint density at radius 2 is 1.83 bits per heavy atom. The van der Waals surface area contributed by atoms with Crippen molar-refractivity contribution in [1.82, 2.24) is 4.90 Å². The lowest BCUT2D eigenvalue weighted by Gasteiger charge is -2.30. The number of carbonyl (C=O) groups excluding carboxylic acids is 1. The number of thiol groups is 1. The average molecular weight is 351 g/mol. The second-order valence-corrected chi connectivity index (χ2v) is 5.27. The van der Waals surface area contributed by atoms with Gasteiger partial charge in [0.05, 0.1) is 11.1 Å². The smallest absolute Gasteiger partial charge is 0.304 e. The maximum Gasteiger partial charge on any atom is 0.416 e. The van der Waals surface area contributed by atoms with Crippen LogP contribution < -0.4 is 0 Å². The summed E-state index contributed by atoms with van der Waals surface area (Å²) < 4.78 is 51.2. The van der Waals surface area contributed by atoms with Crippen LogP contribution in [-0.2, 0) is 6.18 Å². The minimum absolute atomic E-state index is 0.238. The molecule has 0 aromatic heterocycles. The van der Waals surface area contributed by atoms with E-state index >= 15 is 0 Å². The van der Waals surface area contributed by atoms with Crippen LogP contribution in [0.1, 0.15) is 35.7 Å². The molecule has 1 fully saturated rings. The fourth-order valence-corrected chi connectivity index (χ4v) is 2.62. The molecule has 0 radical (unpaired) electrons. The van der Waals surface area contributed by atoms with Crippen LogP contribution in [0.4, 0.5) is 17.6 Å². The summed E-state index contributed by atoms with van der Waals surface area (Å²) in [6.07, 6.45) is -1.67. The summed E-state index contributed by atoms with van der Waals surface area (Å²) in [6.45, 7) is 4.44. The second kappa shape index (κ2) is 8.68. The average Bonchev–Trinajstić information content (AvgIpc) is 2.55. The maximum absolute atomic E-state index is 13.8. The Morgan fingerprint density at radius 1 is 1.26 bits per heavy atom. The number of alkyl halides is 3. The molecule has 1 aromatic rings. The molecule has 0 bridgehead atoms. The number of piperidine rings is 1. The first-order valence-corrected chi connectivity index (χ1v) is 8.30. The highest BCUT2D eigenvalue weighted by Gasteiger charge is 2.33. The van der Waals surface area contributed by atoms with Crippen molar-refractivity contribution >= 4 is 18.4 Å². The van der Waals surface area contributed by atoms with Gasteiger partial charge in [0.15, 0.2) is 5.78 Å². The van der Waals surface area contributed by atoms with Gasteiger partial charge in [-0.2, -0.15) is 25.8 Å². The van der Waals surface area contributed by atoms with E-state index in [9.17, 15) is 22.4 Å². The van der Waals surface area contributed by atoms with Gasteiger partial charge in [-0.1, -0.05) is 6.92 Å². The quantitative estimate of drug-likeness (QED) is 0.498. The highest BCUT2D eigenvalue weighted by molar-refractivity contribution is 7.79. The molecule has 0 spiro atoms. The molecule has 0 amide bonds. The zero-order valence-electron chi connectivity index (χ0n) is 13.2. The molecule has 0 aliphatic carbocycles. The molecule has 7 heteroatoms. The van der Waals surface area contributed by atoms with Crippen molar-refractivity contribution in [2.24, 2.45) is 5.92 Å².